The standard InChI is InChI=1S/C25H32ClN3O2S/c1-28(18-4-3-17-27)19-20-5-7-21(8-6-20)22-9-13-24(14-10-22)29(2)32(30,31)25-15-11-23(26)12-16-25/h5-8,11-12,15-16,22,24H,3-4,9-10,13-14,18-19H2,1-2H3/t22-,24-. The molecule has 1 fully saturated rings. The van der Waals surface area contributed by atoms with Crippen LogP contribution in [0.25, 0.3) is 0 Å². The van der Waals surface area contributed by atoms with Crippen molar-refractivity contribution in [1.29, 1.82) is 5.26 Å². The molecule has 0 spiro atoms. The van der Waals surface area contributed by atoms with Crippen LogP contribution in [-0.2, 0) is 16.6 Å². The van der Waals surface area contributed by atoms with Crippen molar-refractivity contribution in [2.45, 2.75) is 61.9 Å². The van der Waals surface area contributed by atoms with Crippen LogP contribution in [0.15, 0.2) is 53.4 Å². The number of sulfonamides is 1. The second kappa shape index (κ2) is 11.3. The summed E-state index contributed by atoms with van der Waals surface area (Å²) >= 11 is 5.90. The average Bonchev–Trinajstić information content (AvgIpc) is 2.80. The molecule has 1 saturated carbocycles. The maximum absolute atomic E-state index is 13.0. The summed E-state index contributed by atoms with van der Waals surface area (Å²) < 4.78 is 27.5. The molecule has 1 aliphatic rings. The van der Waals surface area contributed by atoms with Gasteiger partial charge in [0.1, 0.15) is 0 Å². The van der Waals surface area contributed by atoms with E-state index in [2.05, 4.69) is 42.3 Å². The fourth-order valence-corrected chi connectivity index (χ4v) is 6.00. The summed E-state index contributed by atoms with van der Waals surface area (Å²) in [4.78, 5) is 2.54. The largest absolute Gasteiger partial charge is 0.302 e. The van der Waals surface area contributed by atoms with Gasteiger partial charge in [-0.1, -0.05) is 35.9 Å². The fourth-order valence-electron chi connectivity index (χ4n) is 4.46. The SMILES string of the molecule is CN(CCCC#N)Cc1ccc([C@H]2CC[C@H](N(C)S(=O)(=O)c3ccc(Cl)cc3)CC2)cc1. The Morgan fingerprint density at radius 3 is 2.22 bits per heavy atom. The minimum atomic E-state index is -3.51. The van der Waals surface area contributed by atoms with E-state index in [0.29, 0.717) is 22.3 Å². The Balaban J connectivity index is 1.54. The predicted octanol–water partition coefficient (Wildman–Crippen LogP) is 5.42. The molecule has 2 aromatic rings. The van der Waals surface area contributed by atoms with E-state index in [-0.39, 0.29) is 6.04 Å². The van der Waals surface area contributed by atoms with Crippen LogP contribution in [0.2, 0.25) is 5.02 Å². The van der Waals surface area contributed by atoms with Gasteiger partial charge in [0.25, 0.3) is 0 Å². The molecule has 0 saturated heterocycles. The first-order valence-corrected chi connectivity index (χ1v) is 13.0. The highest BCUT2D eigenvalue weighted by molar-refractivity contribution is 7.89. The molecule has 5 nitrogen and oxygen atoms in total. The van der Waals surface area contributed by atoms with Crippen LogP contribution in [0, 0.1) is 11.3 Å². The Morgan fingerprint density at radius 1 is 1.00 bits per heavy atom. The summed E-state index contributed by atoms with van der Waals surface area (Å²) in [7, 11) is 0.265. The van der Waals surface area contributed by atoms with Gasteiger partial charge in [0.15, 0.2) is 0 Å². The summed E-state index contributed by atoms with van der Waals surface area (Å²) in [5.41, 5.74) is 2.61. The molecule has 32 heavy (non-hydrogen) atoms. The zero-order chi connectivity index (χ0) is 23.1. The molecule has 172 valence electrons. The number of nitriles is 1. The molecule has 2 aromatic carbocycles. The van der Waals surface area contributed by atoms with Gasteiger partial charge in [-0.2, -0.15) is 9.57 Å². The van der Waals surface area contributed by atoms with Gasteiger partial charge in [-0.25, -0.2) is 8.42 Å². The highest BCUT2D eigenvalue weighted by Crippen LogP contribution is 2.36. The van der Waals surface area contributed by atoms with Gasteiger partial charge in [-0.05, 0) is 87.0 Å². The van der Waals surface area contributed by atoms with Crippen LogP contribution in [-0.4, -0.2) is 44.3 Å². The fraction of sp³-hybridized carbons (Fsp3) is 0.480. The van der Waals surface area contributed by atoms with Crippen LogP contribution < -0.4 is 0 Å². The van der Waals surface area contributed by atoms with Crippen molar-refractivity contribution in [3.8, 4) is 6.07 Å². The Hall–Kier alpha value is -1.91. The van der Waals surface area contributed by atoms with Gasteiger partial charge in [-0.15, -0.1) is 0 Å². The number of halogens is 1. The minimum absolute atomic E-state index is 0.0215. The van der Waals surface area contributed by atoms with Gasteiger partial charge >= 0.3 is 0 Å². The first-order chi connectivity index (χ1) is 15.3. The van der Waals surface area contributed by atoms with Gasteiger partial charge < -0.3 is 4.90 Å². The molecule has 3 rings (SSSR count). The molecule has 7 heteroatoms. The normalized spacial score (nSPS) is 19.2. The molecule has 0 atom stereocenters. The highest BCUT2D eigenvalue weighted by atomic mass is 35.5. The molecule has 0 aromatic heterocycles. The summed E-state index contributed by atoms with van der Waals surface area (Å²) in [6, 6.07) is 17.4. The number of hydrogen-bond acceptors (Lipinski definition) is 4. The Labute approximate surface area is 197 Å². The van der Waals surface area contributed by atoms with Crippen LogP contribution in [0.3, 0.4) is 0 Å². The molecule has 0 radical (unpaired) electrons. The van der Waals surface area contributed by atoms with E-state index in [0.717, 1.165) is 45.2 Å². The van der Waals surface area contributed by atoms with Crippen molar-refractivity contribution in [3.05, 3.63) is 64.7 Å². The molecule has 0 N–H and O–H groups in total. The van der Waals surface area contributed by atoms with Crippen LogP contribution in [0.1, 0.15) is 55.6 Å². The zero-order valence-electron chi connectivity index (χ0n) is 18.9. The number of nitrogens with zero attached hydrogens (tertiary/aromatic N) is 3. The Bertz CT molecular complexity index is 1010. The summed E-state index contributed by atoms with van der Waals surface area (Å²) in [5.74, 6) is 0.472. The Kier molecular flexibility index (Phi) is 8.72. The molecule has 0 aliphatic heterocycles. The van der Waals surface area contributed by atoms with E-state index < -0.39 is 10.0 Å². The lowest BCUT2D eigenvalue weighted by Gasteiger charge is -2.34. The monoisotopic (exact) mass is 473 g/mol. The van der Waals surface area contributed by atoms with E-state index in [1.54, 1.807) is 31.3 Å². The van der Waals surface area contributed by atoms with E-state index in [1.807, 2.05) is 0 Å². The molecular weight excluding hydrogens is 442 g/mol. The summed E-state index contributed by atoms with van der Waals surface area (Å²) in [6.45, 7) is 1.80. The molecule has 1 aliphatic carbocycles. The minimum Gasteiger partial charge on any atom is -0.302 e. The third kappa shape index (κ3) is 6.32. The number of rotatable bonds is 9. The second-order valence-electron chi connectivity index (χ2n) is 8.72. The van der Waals surface area contributed by atoms with E-state index in [1.165, 1.54) is 15.4 Å². The van der Waals surface area contributed by atoms with Crippen LogP contribution >= 0.6 is 11.6 Å². The van der Waals surface area contributed by atoms with Gasteiger partial charge in [-0.3, -0.25) is 0 Å². The van der Waals surface area contributed by atoms with Gasteiger partial charge in [0, 0.05) is 31.1 Å². The lowest BCUT2D eigenvalue weighted by Crippen LogP contribution is -2.39. The summed E-state index contributed by atoms with van der Waals surface area (Å²) in [6.07, 6.45) is 5.19. The first-order valence-electron chi connectivity index (χ1n) is 11.2. The third-order valence-corrected chi connectivity index (χ3v) is 8.61. The quantitative estimate of drug-likeness (QED) is 0.456. The molecular formula is C25H32ClN3O2S. The lowest BCUT2D eigenvalue weighted by atomic mass is 9.81. The van der Waals surface area contributed by atoms with Crippen molar-refractivity contribution in [2.75, 3.05) is 20.6 Å². The highest BCUT2D eigenvalue weighted by Gasteiger charge is 2.31. The molecule has 0 amide bonds. The van der Waals surface area contributed by atoms with Crippen molar-refractivity contribution in [3.63, 3.8) is 0 Å². The van der Waals surface area contributed by atoms with Crippen LogP contribution in [0.4, 0.5) is 0 Å². The molecule has 0 heterocycles. The second-order valence-corrected chi connectivity index (χ2v) is 11.2. The number of unbranched alkanes of at least 4 members (excludes halogenated alkanes) is 1. The number of hydrogen-bond donors (Lipinski definition) is 0. The van der Waals surface area contributed by atoms with Crippen molar-refractivity contribution in [1.82, 2.24) is 9.21 Å². The Morgan fingerprint density at radius 2 is 1.62 bits per heavy atom. The van der Waals surface area contributed by atoms with Gasteiger partial charge in [0.05, 0.1) is 11.0 Å². The summed E-state index contributed by atoms with van der Waals surface area (Å²) in [5, 5.41) is 9.20. The molecule has 0 unspecified atom stereocenters. The predicted molar refractivity (Wildman–Crippen MR) is 129 cm³/mol. The maximum atomic E-state index is 13.0. The topological polar surface area (TPSA) is 64.4 Å². The van der Waals surface area contributed by atoms with Crippen molar-refractivity contribution in [2.24, 2.45) is 0 Å². The smallest absolute Gasteiger partial charge is 0.243 e. The van der Waals surface area contributed by atoms with Crippen LogP contribution in [0.5, 0.6) is 0 Å². The van der Waals surface area contributed by atoms with E-state index in [4.69, 9.17) is 16.9 Å². The molecule has 0 bridgehead atoms. The average molecular weight is 474 g/mol. The number of benzene rings is 2. The van der Waals surface area contributed by atoms with Gasteiger partial charge in [0.2, 0.25) is 10.0 Å². The third-order valence-electron chi connectivity index (χ3n) is 6.43. The lowest BCUT2D eigenvalue weighted by molar-refractivity contribution is 0.268. The van der Waals surface area contributed by atoms with Crippen molar-refractivity contribution >= 4 is 21.6 Å². The van der Waals surface area contributed by atoms with Crippen molar-refractivity contribution < 1.29 is 8.42 Å². The first kappa shape index (κ1) is 24.7. The maximum Gasteiger partial charge on any atom is 0.243 e. The van der Waals surface area contributed by atoms with E-state index >= 15 is 0 Å². The van der Waals surface area contributed by atoms with E-state index in [9.17, 15) is 8.42 Å². The zero-order valence-corrected chi connectivity index (χ0v) is 20.4.